The Morgan fingerprint density at radius 2 is 1.20 bits per heavy atom. The summed E-state index contributed by atoms with van der Waals surface area (Å²) in [5.41, 5.74) is 1.35. The fourth-order valence-corrected chi connectivity index (χ4v) is 3.83. The molecule has 4 rings (SSSR count). The highest BCUT2D eigenvalue weighted by Gasteiger charge is 2.07. The quantitative estimate of drug-likeness (QED) is 0.384. The Balaban J connectivity index is 2.12. The van der Waals surface area contributed by atoms with E-state index in [1.165, 1.54) is 40.6 Å². The van der Waals surface area contributed by atoms with Crippen molar-refractivity contribution < 1.29 is 0 Å². The summed E-state index contributed by atoms with van der Waals surface area (Å²) < 4.78 is 0. The maximum absolute atomic E-state index is 2.24. The molecule has 0 nitrogen and oxygen atoms in total. The van der Waals surface area contributed by atoms with E-state index in [0.717, 1.165) is 0 Å². The highest BCUT2D eigenvalue weighted by atomic mass is 31.0. The molecule has 4 aromatic rings. The molecule has 94 valence electrons. The first-order valence-corrected chi connectivity index (χ1v) is 7.72. The second kappa shape index (κ2) is 4.74. The molecular formula is C19H13P. The minimum Gasteiger partial charge on any atom is -0.0671 e. The molecule has 1 heteroatoms. The van der Waals surface area contributed by atoms with E-state index in [9.17, 15) is 0 Å². The van der Waals surface area contributed by atoms with Gasteiger partial charge in [-0.15, -0.1) is 0 Å². The third-order valence-electron chi connectivity index (χ3n) is 3.72. The molecule has 0 bridgehead atoms. The molecular weight excluding hydrogens is 259 g/mol. The van der Waals surface area contributed by atoms with Crippen LogP contribution in [0.25, 0.3) is 32.4 Å². The van der Waals surface area contributed by atoms with Crippen molar-refractivity contribution in [3.8, 4) is 10.9 Å². The van der Waals surface area contributed by atoms with Gasteiger partial charge in [-0.2, -0.15) is 0 Å². The number of hydrogen-bond donors (Lipinski definition) is 0. The Labute approximate surface area is 119 Å². The fraction of sp³-hybridized carbons (Fsp3) is 0. The predicted octanol–water partition coefficient (Wildman–Crippen LogP) is 6.24. The molecule has 0 aliphatic rings. The van der Waals surface area contributed by atoms with Gasteiger partial charge < -0.3 is 0 Å². The van der Waals surface area contributed by atoms with Crippen molar-refractivity contribution in [2.24, 2.45) is 0 Å². The summed E-state index contributed by atoms with van der Waals surface area (Å²) in [6, 6.07) is 26.0. The van der Waals surface area contributed by atoms with Crippen LogP contribution >= 0.6 is 8.19 Å². The Bertz CT molecular complexity index is 821. The number of hydrogen-bond acceptors (Lipinski definition) is 0. The largest absolute Gasteiger partial charge is 0.0671 e. The van der Waals surface area contributed by atoms with Crippen molar-refractivity contribution in [2.45, 2.75) is 0 Å². The lowest BCUT2D eigenvalue weighted by Gasteiger charge is -2.09. The summed E-state index contributed by atoms with van der Waals surface area (Å²) in [6.07, 6.45) is 0. The van der Waals surface area contributed by atoms with Gasteiger partial charge in [0.25, 0.3) is 0 Å². The molecule has 0 N–H and O–H groups in total. The van der Waals surface area contributed by atoms with E-state index in [-0.39, 0.29) is 0 Å². The summed E-state index contributed by atoms with van der Waals surface area (Å²) in [5.74, 6) is 2.24. The third kappa shape index (κ3) is 1.81. The SMILES string of the molecule is c1ccc2c(-c3pccc4ccccc34)cccc2c1. The van der Waals surface area contributed by atoms with Crippen LogP contribution in [0.1, 0.15) is 0 Å². The van der Waals surface area contributed by atoms with Crippen molar-refractivity contribution in [3.05, 3.63) is 78.6 Å². The molecule has 0 atom stereocenters. The normalized spacial score (nSPS) is 11.4. The van der Waals surface area contributed by atoms with E-state index in [1.54, 1.807) is 0 Å². The molecule has 1 heterocycles. The second-order valence-corrected chi connectivity index (χ2v) is 5.91. The first kappa shape index (κ1) is 11.6. The number of benzene rings is 3. The molecule has 0 unspecified atom stereocenters. The highest BCUT2D eigenvalue weighted by molar-refractivity contribution is 7.33. The summed E-state index contributed by atoms with van der Waals surface area (Å²) in [5, 5.41) is 6.71. The summed E-state index contributed by atoms with van der Waals surface area (Å²) >= 11 is 0. The Morgan fingerprint density at radius 1 is 0.550 bits per heavy atom. The van der Waals surface area contributed by atoms with Crippen molar-refractivity contribution in [1.29, 1.82) is 0 Å². The van der Waals surface area contributed by atoms with Gasteiger partial charge in [-0.1, -0.05) is 74.9 Å². The van der Waals surface area contributed by atoms with Crippen LogP contribution in [0.2, 0.25) is 0 Å². The van der Waals surface area contributed by atoms with Gasteiger partial charge >= 0.3 is 0 Å². The van der Waals surface area contributed by atoms with E-state index in [2.05, 4.69) is 78.6 Å². The van der Waals surface area contributed by atoms with Gasteiger partial charge in [0, 0.05) is 5.30 Å². The van der Waals surface area contributed by atoms with E-state index in [0.29, 0.717) is 0 Å². The van der Waals surface area contributed by atoms with Gasteiger partial charge in [0.05, 0.1) is 0 Å². The highest BCUT2D eigenvalue weighted by Crippen LogP contribution is 2.38. The van der Waals surface area contributed by atoms with Crippen LogP contribution in [0.3, 0.4) is 0 Å². The Kier molecular flexibility index (Phi) is 2.76. The second-order valence-electron chi connectivity index (χ2n) is 4.91. The van der Waals surface area contributed by atoms with Gasteiger partial charge in [0.2, 0.25) is 0 Å². The molecule has 0 fully saturated rings. The van der Waals surface area contributed by atoms with Crippen molar-refractivity contribution in [3.63, 3.8) is 0 Å². The molecule has 0 aliphatic carbocycles. The van der Waals surface area contributed by atoms with Crippen LogP contribution in [0.4, 0.5) is 0 Å². The van der Waals surface area contributed by atoms with Crippen molar-refractivity contribution in [2.75, 3.05) is 0 Å². The number of fused-ring (bicyclic) bond motifs is 2. The Morgan fingerprint density at radius 3 is 2.05 bits per heavy atom. The summed E-state index contributed by atoms with van der Waals surface area (Å²) in [4.78, 5) is 0. The van der Waals surface area contributed by atoms with Gasteiger partial charge in [0.1, 0.15) is 0 Å². The van der Waals surface area contributed by atoms with Gasteiger partial charge in [-0.05, 0) is 39.0 Å². The minimum absolute atomic E-state index is 1.27. The van der Waals surface area contributed by atoms with Gasteiger partial charge in [-0.25, -0.2) is 0 Å². The topological polar surface area (TPSA) is 0 Å². The zero-order valence-electron chi connectivity index (χ0n) is 11.0. The molecule has 20 heavy (non-hydrogen) atoms. The minimum atomic E-state index is 1.27. The molecule has 0 amide bonds. The molecule has 0 spiro atoms. The lowest BCUT2D eigenvalue weighted by molar-refractivity contribution is 1.73. The first-order chi connectivity index (χ1) is 9.93. The average Bonchev–Trinajstić information content (AvgIpc) is 2.54. The zero-order chi connectivity index (χ0) is 13.4. The van der Waals surface area contributed by atoms with E-state index < -0.39 is 0 Å². The summed E-state index contributed by atoms with van der Waals surface area (Å²) in [6.45, 7) is 0. The predicted molar refractivity (Wildman–Crippen MR) is 89.4 cm³/mol. The van der Waals surface area contributed by atoms with Gasteiger partial charge in [-0.3, -0.25) is 0 Å². The van der Waals surface area contributed by atoms with E-state index in [4.69, 9.17) is 0 Å². The van der Waals surface area contributed by atoms with E-state index >= 15 is 0 Å². The van der Waals surface area contributed by atoms with Crippen LogP contribution in [0.5, 0.6) is 0 Å². The van der Waals surface area contributed by atoms with Crippen molar-refractivity contribution in [1.82, 2.24) is 0 Å². The van der Waals surface area contributed by atoms with Crippen LogP contribution in [0, 0.1) is 0 Å². The molecule has 0 radical (unpaired) electrons. The van der Waals surface area contributed by atoms with Gasteiger partial charge in [0.15, 0.2) is 0 Å². The van der Waals surface area contributed by atoms with Crippen LogP contribution in [-0.4, -0.2) is 0 Å². The maximum Gasteiger partial charge on any atom is 0.0175 e. The molecule has 0 saturated heterocycles. The standard InChI is InChI=1S/C19H13P/c1-3-9-16-14(6-1)8-5-11-18(16)19-17-10-4-2-7-15(17)12-13-20-19/h1-13H. The van der Waals surface area contributed by atoms with Crippen LogP contribution in [0.15, 0.2) is 78.6 Å². The monoisotopic (exact) mass is 272 g/mol. The molecule has 0 aliphatic heterocycles. The van der Waals surface area contributed by atoms with Crippen LogP contribution < -0.4 is 0 Å². The maximum atomic E-state index is 2.24. The average molecular weight is 272 g/mol. The fourth-order valence-electron chi connectivity index (χ4n) is 2.77. The van der Waals surface area contributed by atoms with Crippen LogP contribution in [-0.2, 0) is 0 Å². The molecule has 3 aromatic carbocycles. The molecule has 1 aromatic heterocycles. The Hall–Kier alpha value is -2.17. The smallest absolute Gasteiger partial charge is 0.0175 e. The lowest BCUT2D eigenvalue weighted by Crippen LogP contribution is -1.81. The van der Waals surface area contributed by atoms with E-state index in [1.807, 2.05) is 0 Å². The summed E-state index contributed by atoms with van der Waals surface area (Å²) in [7, 11) is 1.27. The number of rotatable bonds is 1. The third-order valence-corrected chi connectivity index (χ3v) is 4.76. The lowest BCUT2D eigenvalue weighted by atomic mass is 10.0. The first-order valence-electron chi connectivity index (χ1n) is 6.75. The van der Waals surface area contributed by atoms with Crippen molar-refractivity contribution >= 4 is 29.7 Å². The zero-order valence-corrected chi connectivity index (χ0v) is 11.8. The molecule has 0 saturated carbocycles.